The lowest BCUT2D eigenvalue weighted by molar-refractivity contribution is 0.0580. The number of carbonyl (C=O) groups excluding carboxylic acids is 1. The van der Waals surface area contributed by atoms with Crippen molar-refractivity contribution in [2.45, 2.75) is 32.8 Å². The zero-order chi connectivity index (χ0) is 17.2. The van der Waals surface area contributed by atoms with Gasteiger partial charge in [0.05, 0.1) is 18.0 Å². The number of fused-ring (bicyclic) bond motifs is 1. The average molecular weight is 379 g/mol. The fourth-order valence-corrected chi connectivity index (χ4v) is 2.52. The Kier molecular flexibility index (Phi) is 4.95. The van der Waals surface area contributed by atoms with Crippen molar-refractivity contribution in [2.75, 3.05) is 11.4 Å². The van der Waals surface area contributed by atoms with E-state index in [1.54, 1.807) is 25.5 Å². The molecule has 0 saturated carbocycles. The first-order chi connectivity index (χ1) is 10.7. The van der Waals surface area contributed by atoms with Gasteiger partial charge in [0.1, 0.15) is 5.60 Å². The number of hydrogen-bond donors (Lipinski definition) is 0. The quantitative estimate of drug-likeness (QED) is 0.809. The summed E-state index contributed by atoms with van der Waals surface area (Å²) < 4.78 is 8.09. The van der Waals surface area contributed by atoms with Crippen LogP contribution in [0.1, 0.15) is 27.2 Å². The normalized spacial score (nSPS) is 11.3. The lowest BCUT2D eigenvalue weighted by Crippen LogP contribution is -2.37. The highest BCUT2D eigenvalue weighted by atomic mass is 79.9. The van der Waals surface area contributed by atoms with Crippen LogP contribution in [0.2, 0.25) is 0 Å². The molecule has 0 unspecified atom stereocenters. The third kappa shape index (κ3) is 4.02. The number of benzene rings is 1. The van der Waals surface area contributed by atoms with Crippen molar-refractivity contribution in [1.29, 1.82) is 5.26 Å². The van der Waals surface area contributed by atoms with Crippen LogP contribution in [0.3, 0.4) is 0 Å². The van der Waals surface area contributed by atoms with Gasteiger partial charge in [-0.3, -0.25) is 9.58 Å². The van der Waals surface area contributed by atoms with Gasteiger partial charge in [-0.15, -0.1) is 0 Å². The first kappa shape index (κ1) is 17.3. The number of amides is 1. The van der Waals surface area contributed by atoms with Crippen LogP contribution in [0.25, 0.3) is 10.9 Å². The highest BCUT2D eigenvalue weighted by Crippen LogP contribution is 2.29. The molecule has 2 aromatic rings. The van der Waals surface area contributed by atoms with E-state index in [-0.39, 0.29) is 13.0 Å². The van der Waals surface area contributed by atoms with Crippen LogP contribution in [0.4, 0.5) is 10.6 Å². The molecule has 0 aliphatic carbocycles. The monoisotopic (exact) mass is 378 g/mol. The highest BCUT2D eigenvalue weighted by molar-refractivity contribution is 9.10. The van der Waals surface area contributed by atoms with Gasteiger partial charge in [-0.05, 0) is 39.0 Å². The standard InChI is InChI=1S/C16H19BrN4O2/c1-16(2,3)23-15(22)21(9-5-8-18)14-12-7-6-11(17)10-13(12)20(4)19-14/h6-7,10H,5,9H2,1-4H3. The second-order valence-corrected chi connectivity index (χ2v) is 7.06. The molecule has 0 N–H and O–H groups in total. The Morgan fingerprint density at radius 1 is 1.48 bits per heavy atom. The van der Waals surface area contributed by atoms with E-state index in [9.17, 15) is 4.79 Å². The van der Waals surface area contributed by atoms with Crippen molar-refractivity contribution in [3.05, 3.63) is 22.7 Å². The molecule has 6 nitrogen and oxygen atoms in total. The molecule has 0 bridgehead atoms. The summed E-state index contributed by atoms with van der Waals surface area (Å²) >= 11 is 3.43. The third-order valence-corrected chi connectivity index (χ3v) is 3.60. The molecule has 0 spiro atoms. The second-order valence-electron chi connectivity index (χ2n) is 6.15. The average Bonchev–Trinajstić information content (AvgIpc) is 2.74. The van der Waals surface area contributed by atoms with Crippen molar-refractivity contribution in [2.24, 2.45) is 7.05 Å². The zero-order valence-electron chi connectivity index (χ0n) is 13.6. The predicted molar refractivity (Wildman–Crippen MR) is 92.2 cm³/mol. The molecule has 1 aromatic heterocycles. The molecular formula is C16H19BrN4O2. The number of ether oxygens (including phenoxy) is 1. The van der Waals surface area contributed by atoms with E-state index in [0.29, 0.717) is 5.82 Å². The van der Waals surface area contributed by atoms with E-state index in [1.165, 1.54) is 4.90 Å². The SMILES string of the molecule is Cn1nc(N(CCC#N)C(=O)OC(C)(C)C)c2ccc(Br)cc21. The number of nitriles is 1. The van der Waals surface area contributed by atoms with Gasteiger partial charge in [0.15, 0.2) is 5.82 Å². The van der Waals surface area contributed by atoms with Crippen LogP contribution in [-0.2, 0) is 11.8 Å². The van der Waals surface area contributed by atoms with E-state index in [0.717, 1.165) is 15.4 Å². The minimum absolute atomic E-state index is 0.202. The van der Waals surface area contributed by atoms with E-state index in [4.69, 9.17) is 10.00 Å². The number of nitrogens with zero attached hydrogens (tertiary/aromatic N) is 4. The topological polar surface area (TPSA) is 71.2 Å². The summed E-state index contributed by atoms with van der Waals surface area (Å²) in [6.07, 6.45) is -0.302. The Hall–Kier alpha value is -2.07. The molecule has 0 aliphatic rings. The lowest BCUT2D eigenvalue weighted by atomic mass is 10.2. The maximum atomic E-state index is 12.5. The van der Waals surface area contributed by atoms with Gasteiger partial charge in [-0.25, -0.2) is 4.79 Å². The fraction of sp³-hybridized carbons (Fsp3) is 0.438. The fourth-order valence-electron chi connectivity index (χ4n) is 2.17. The van der Waals surface area contributed by atoms with Crippen LogP contribution in [0.15, 0.2) is 22.7 Å². The summed E-state index contributed by atoms with van der Waals surface area (Å²) in [5.74, 6) is 0.500. The van der Waals surface area contributed by atoms with Gasteiger partial charge in [-0.2, -0.15) is 10.4 Å². The summed E-state index contributed by atoms with van der Waals surface area (Å²) in [5, 5.41) is 14.2. The molecule has 23 heavy (non-hydrogen) atoms. The van der Waals surface area contributed by atoms with Crippen molar-refractivity contribution in [3.8, 4) is 6.07 Å². The number of aromatic nitrogens is 2. The summed E-state index contributed by atoms with van der Waals surface area (Å²) in [6.45, 7) is 5.65. The minimum atomic E-state index is -0.615. The molecular weight excluding hydrogens is 360 g/mol. The number of carbonyl (C=O) groups is 1. The Bertz CT molecular complexity index is 771. The van der Waals surface area contributed by atoms with Crippen molar-refractivity contribution >= 4 is 38.7 Å². The molecule has 0 aliphatic heterocycles. The molecule has 2 rings (SSSR count). The van der Waals surface area contributed by atoms with Crippen LogP contribution in [0.5, 0.6) is 0 Å². The summed E-state index contributed by atoms with van der Waals surface area (Å²) in [6, 6.07) is 7.78. The van der Waals surface area contributed by atoms with E-state index in [2.05, 4.69) is 27.1 Å². The Morgan fingerprint density at radius 3 is 2.78 bits per heavy atom. The van der Waals surface area contributed by atoms with Crippen molar-refractivity contribution in [3.63, 3.8) is 0 Å². The van der Waals surface area contributed by atoms with Crippen molar-refractivity contribution < 1.29 is 9.53 Å². The molecule has 0 atom stereocenters. The molecule has 1 amide bonds. The smallest absolute Gasteiger partial charge is 0.416 e. The van der Waals surface area contributed by atoms with E-state index in [1.807, 2.05) is 25.2 Å². The third-order valence-electron chi connectivity index (χ3n) is 3.11. The number of hydrogen-bond acceptors (Lipinski definition) is 4. The molecule has 1 heterocycles. The summed E-state index contributed by atoms with van der Waals surface area (Å²) in [7, 11) is 1.82. The largest absolute Gasteiger partial charge is 0.443 e. The maximum absolute atomic E-state index is 12.5. The van der Waals surface area contributed by atoms with Crippen LogP contribution >= 0.6 is 15.9 Å². The lowest BCUT2D eigenvalue weighted by Gasteiger charge is -2.25. The highest BCUT2D eigenvalue weighted by Gasteiger charge is 2.26. The molecule has 1 aromatic carbocycles. The summed E-state index contributed by atoms with van der Waals surface area (Å²) in [4.78, 5) is 13.9. The van der Waals surface area contributed by atoms with Crippen molar-refractivity contribution in [1.82, 2.24) is 9.78 Å². The number of anilines is 1. The Labute approximate surface area is 143 Å². The number of halogens is 1. The number of aryl methyl sites for hydroxylation is 1. The molecule has 0 radical (unpaired) electrons. The predicted octanol–water partition coefficient (Wildman–Crippen LogP) is 3.99. The second kappa shape index (κ2) is 6.59. The van der Waals surface area contributed by atoms with Crippen LogP contribution in [-0.4, -0.2) is 28.0 Å². The molecule has 122 valence electrons. The zero-order valence-corrected chi connectivity index (χ0v) is 15.2. The van der Waals surface area contributed by atoms with E-state index >= 15 is 0 Å². The first-order valence-electron chi connectivity index (χ1n) is 7.22. The molecule has 7 heteroatoms. The van der Waals surface area contributed by atoms with E-state index < -0.39 is 11.7 Å². The Morgan fingerprint density at radius 2 is 2.17 bits per heavy atom. The first-order valence-corrected chi connectivity index (χ1v) is 8.02. The maximum Gasteiger partial charge on any atom is 0.416 e. The molecule has 0 fully saturated rings. The Balaban J connectivity index is 2.47. The van der Waals surface area contributed by atoms with Gasteiger partial charge in [0, 0.05) is 23.5 Å². The van der Waals surface area contributed by atoms with Crippen LogP contribution in [0, 0.1) is 11.3 Å². The van der Waals surface area contributed by atoms with Gasteiger partial charge in [0.2, 0.25) is 0 Å². The summed E-state index contributed by atoms with van der Waals surface area (Å²) in [5.41, 5.74) is 0.273. The van der Waals surface area contributed by atoms with Gasteiger partial charge >= 0.3 is 6.09 Å². The van der Waals surface area contributed by atoms with Gasteiger partial charge in [0.25, 0.3) is 0 Å². The molecule has 0 saturated heterocycles. The van der Waals surface area contributed by atoms with Gasteiger partial charge < -0.3 is 4.74 Å². The number of rotatable bonds is 3. The minimum Gasteiger partial charge on any atom is -0.443 e. The van der Waals surface area contributed by atoms with Crippen LogP contribution < -0.4 is 4.90 Å². The van der Waals surface area contributed by atoms with Gasteiger partial charge in [-0.1, -0.05) is 15.9 Å².